The Balaban J connectivity index is 1.87. The van der Waals surface area contributed by atoms with Crippen molar-refractivity contribution in [3.05, 3.63) is 35.4 Å². The molecule has 2 unspecified atom stereocenters. The van der Waals surface area contributed by atoms with E-state index in [9.17, 15) is 9.90 Å². The molecule has 0 aromatic heterocycles. The summed E-state index contributed by atoms with van der Waals surface area (Å²) in [4.78, 5) is 12.0. The Morgan fingerprint density at radius 3 is 3.00 bits per heavy atom. The van der Waals surface area contributed by atoms with Crippen LogP contribution in [0.2, 0.25) is 0 Å². The Bertz CT molecular complexity index is 433. The molecule has 1 amide bonds. The van der Waals surface area contributed by atoms with Crippen LogP contribution < -0.4 is 5.32 Å². The molecule has 0 aliphatic heterocycles. The van der Waals surface area contributed by atoms with E-state index in [4.69, 9.17) is 4.74 Å². The Morgan fingerprint density at radius 2 is 2.32 bits per heavy atom. The van der Waals surface area contributed by atoms with E-state index in [2.05, 4.69) is 5.32 Å². The molecule has 0 heterocycles. The number of carbonyl (C=O) groups is 1. The number of ether oxygens (including phenoxy) is 1. The normalized spacial score (nSPS) is 22.4. The van der Waals surface area contributed by atoms with Gasteiger partial charge in [-0.3, -0.25) is 4.79 Å². The topological polar surface area (TPSA) is 58.6 Å². The number of benzene rings is 1. The highest BCUT2D eigenvalue weighted by atomic mass is 16.5. The molecule has 0 radical (unpaired) electrons. The van der Waals surface area contributed by atoms with Crippen molar-refractivity contribution >= 4 is 5.91 Å². The average molecular weight is 263 g/mol. The van der Waals surface area contributed by atoms with Gasteiger partial charge < -0.3 is 15.2 Å². The molecule has 1 fully saturated rings. The molecule has 4 heteroatoms. The van der Waals surface area contributed by atoms with E-state index in [1.807, 2.05) is 18.2 Å². The zero-order valence-electron chi connectivity index (χ0n) is 11.3. The second-order valence-corrected chi connectivity index (χ2v) is 5.18. The molecule has 2 rings (SSSR count). The van der Waals surface area contributed by atoms with Crippen LogP contribution in [0.25, 0.3) is 0 Å². The number of aliphatic hydroxyl groups excluding tert-OH is 1. The summed E-state index contributed by atoms with van der Waals surface area (Å²) >= 11 is 0. The van der Waals surface area contributed by atoms with Crippen LogP contribution in [0.4, 0.5) is 0 Å². The third-order valence-electron chi connectivity index (χ3n) is 3.57. The Kier molecular flexibility index (Phi) is 4.93. The summed E-state index contributed by atoms with van der Waals surface area (Å²) in [6.07, 6.45) is 2.45. The van der Waals surface area contributed by atoms with E-state index < -0.39 is 0 Å². The highest BCUT2D eigenvalue weighted by Gasteiger charge is 2.23. The van der Waals surface area contributed by atoms with Crippen LogP contribution in [0.1, 0.15) is 35.2 Å². The third kappa shape index (κ3) is 4.04. The van der Waals surface area contributed by atoms with Gasteiger partial charge in [-0.25, -0.2) is 0 Å². The first-order valence-electron chi connectivity index (χ1n) is 6.73. The average Bonchev–Trinajstić information content (AvgIpc) is 2.82. The Labute approximate surface area is 113 Å². The Hall–Kier alpha value is -1.39. The molecule has 0 bridgehead atoms. The zero-order chi connectivity index (χ0) is 13.7. The zero-order valence-corrected chi connectivity index (χ0v) is 11.3. The fourth-order valence-corrected chi connectivity index (χ4v) is 2.54. The lowest BCUT2D eigenvalue weighted by atomic mass is 10.1. The van der Waals surface area contributed by atoms with E-state index in [1.165, 1.54) is 0 Å². The number of amides is 1. The number of aliphatic hydroxyl groups is 1. The first-order valence-corrected chi connectivity index (χ1v) is 6.73. The van der Waals surface area contributed by atoms with Crippen LogP contribution in [0.3, 0.4) is 0 Å². The number of methoxy groups -OCH3 is 1. The summed E-state index contributed by atoms with van der Waals surface area (Å²) in [6.45, 7) is 1.15. The molecule has 0 saturated heterocycles. The minimum absolute atomic E-state index is 0.0562. The van der Waals surface area contributed by atoms with Gasteiger partial charge >= 0.3 is 0 Å². The van der Waals surface area contributed by atoms with Crippen molar-refractivity contribution in [2.24, 2.45) is 5.92 Å². The molecule has 19 heavy (non-hydrogen) atoms. The molecule has 1 saturated carbocycles. The van der Waals surface area contributed by atoms with Crippen molar-refractivity contribution in [1.29, 1.82) is 0 Å². The SMILES string of the molecule is COCc1cccc(C(=O)NCC2CCC(O)C2)c1. The van der Waals surface area contributed by atoms with Gasteiger partial charge in [0.15, 0.2) is 0 Å². The van der Waals surface area contributed by atoms with Gasteiger partial charge in [-0.1, -0.05) is 12.1 Å². The number of nitrogens with one attached hydrogen (secondary N) is 1. The van der Waals surface area contributed by atoms with Crippen LogP contribution in [0.5, 0.6) is 0 Å². The lowest BCUT2D eigenvalue weighted by molar-refractivity contribution is 0.0944. The highest BCUT2D eigenvalue weighted by molar-refractivity contribution is 5.94. The van der Waals surface area contributed by atoms with Gasteiger partial charge in [0.2, 0.25) is 0 Å². The number of rotatable bonds is 5. The summed E-state index contributed by atoms with van der Waals surface area (Å²) in [6, 6.07) is 7.45. The van der Waals surface area contributed by atoms with E-state index in [0.717, 1.165) is 24.8 Å². The predicted octanol–water partition coefficient (Wildman–Crippen LogP) is 1.72. The van der Waals surface area contributed by atoms with Gasteiger partial charge in [0, 0.05) is 19.2 Å². The molecule has 4 nitrogen and oxygen atoms in total. The minimum atomic E-state index is -0.188. The maximum Gasteiger partial charge on any atom is 0.251 e. The number of hydrogen-bond acceptors (Lipinski definition) is 3. The fourth-order valence-electron chi connectivity index (χ4n) is 2.54. The molecule has 0 spiro atoms. The van der Waals surface area contributed by atoms with Crippen molar-refractivity contribution in [2.45, 2.75) is 32.0 Å². The fraction of sp³-hybridized carbons (Fsp3) is 0.533. The van der Waals surface area contributed by atoms with Crippen LogP contribution in [0, 0.1) is 5.92 Å². The maximum atomic E-state index is 12.0. The summed E-state index contributed by atoms with van der Waals surface area (Å²) in [5.41, 5.74) is 1.65. The molecule has 1 aliphatic carbocycles. The molecule has 1 aromatic rings. The summed E-state index contributed by atoms with van der Waals surface area (Å²) in [5.74, 6) is 0.348. The lowest BCUT2D eigenvalue weighted by Gasteiger charge is -2.11. The maximum absolute atomic E-state index is 12.0. The van der Waals surface area contributed by atoms with Crippen LogP contribution >= 0.6 is 0 Å². The van der Waals surface area contributed by atoms with Crippen molar-refractivity contribution in [1.82, 2.24) is 5.32 Å². The summed E-state index contributed by atoms with van der Waals surface area (Å²) in [5, 5.41) is 12.4. The van der Waals surface area contributed by atoms with Crippen molar-refractivity contribution in [2.75, 3.05) is 13.7 Å². The van der Waals surface area contributed by atoms with Gasteiger partial charge in [-0.05, 0) is 42.9 Å². The van der Waals surface area contributed by atoms with Crippen LogP contribution in [-0.2, 0) is 11.3 Å². The van der Waals surface area contributed by atoms with E-state index in [1.54, 1.807) is 13.2 Å². The van der Waals surface area contributed by atoms with Gasteiger partial charge in [0.05, 0.1) is 12.7 Å². The van der Waals surface area contributed by atoms with Crippen molar-refractivity contribution in [3.8, 4) is 0 Å². The molecular weight excluding hydrogens is 242 g/mol. The number of hydrogen-bond donors (Lipinski definition) is 2. The molecule has 1 aromatic carbocycles. The van der Waals surface area contributed by atoms with E-state index in [-0.39, 0.29) is 12.0 Å². The monoisotopic (exact) mass is 263 g/mol. The second-order valence-electron chi connectivity index (χ2n) is 5.18. The van der Waals surface area contributed by atoms with Gasteiger partial charge in [0.25, 0.3) is 5.91 Å². The van der Waals surface area contributed by atoms with Crippen molar-refractivity contribution in [3.63, 3.8) is 0 Å². The van der Waals surface area contributed by atoms with Gasteiger partial charge in [0.1, 0.15) is 0 Å². The van der Waals surface area contributed by atoms with Gasteiger partial charge in [-0.2, -0.15) is 0 Å². The molecule has 1 aliphatic rings. The quantitative estimate of drug-likeness (QED) is 0.850. The number of carbonyl (C=O) groups excluding carboxylic acids is 1. The van der Waals surface area contributed by atoms with Gasteiger partial charge in [-0.15, -0.1) is 0 Å². The predicted molar refractivity (Wildman–Crippen MR) is 72.8 cm³/mol. The lowest BCUT2D eigenvalue weighted by Crippen LogP contribution is -2.28. The Morgan fingerprint density at radius 1 is 1.47 bits per heavy atom. The summed E-state index contributed by atoms with van der Waals surface area (Å²) in [7, 11) is 1.64. The molecule has 104 valence electrons. The molecular formula is C15H21NO3. The highest BCUT2D eigenvalue weighted by Crippen LogP contribution is 2.24. The second kappa shape index (κ2) is 6.68. The first kappa shape index (κ1) is 14.0. The molecule has 2 atom stereocenters. The van der Waals surface area contributed by atoms with Crippen LogP contribution in [0.15, 0.2) is 24.3 Å². The third-order valence-corrected chi connectivity index (χ3v) is 3.57. The van der Waals surface area contributed by atoms with E-state index in [0.29, 0.717) is 24.6 Å². The standard InChI is InChI=1S/C15H21NO3/c1-19-10-12-3-2-4-13(7-12)15(18)16-9-11-5-6-14(17)8-11/h2-4,7,11,14,17H,5-6,8-10H2,1H3,(H,16,18). The largest absolute Gasteiger partial charge is 0.393 e. The molecule has 2 N–H and O–H groups in total. The minimum Gasteiger partial charge on any atom is -0.393 e. The van der Waals surface area contributed by atoms with Crippen LogP contribution in [-0.4, -0.2) is 30.8 Å². The summed E-state index contributed by atoms with van der Waals surface area (Å²) < 4.78 is 5.06. The smallest absolute Gasteiger partial charge is 0.251 e. The van der Waals surface area contributed by atoms with Crippen molar-refractivity contribution < 1.29 is 14.6 Å². The van der Waals surface area contributed by atoms with E-state index >= 15 is 0 Å². The first-order chi connectivity index (χ1) is 9.19.